The molecule has 2 heterocycles. The highest BCUT2D eigenvalue weighted by molar-refractivity contribution is 5.41. The summed E-state index contributed by atoms with van der Waals surface area (Å²) in [5, 5.41) is 6.15. The number of hydrogen-bond donors (Lipinski definition) is 2. The highest BCUT2D eigenvalue weighted by atomic mass is 19.1. The van der Waals surface area contributed by atoms with Gasteiger partial charge in [0.25, 0.3) is 0 Å². The van der Waals surface area contributed by atoms with Crippen LogP contribution in [0.15, 0.2) is 30.5 Å². The Morgan fingerprint density at radius 3 is 2.68 bits per heavy atom. The van der Waals surface area contributed by atoms with Crippen LogP contribution in [0.3, 0.4) is 0 Å². The summed E-state index contributed by atoms with van der Waals surface area (Å²) < 4.78 is 13.5. The van der Waals surface area contributed by atoms with Crippen LogP contribution in [0.2, 0.25) is 0 Å². The lowest BCUT2D eigenvalue weighted by Gasteiger charge is -2.37. The Labute approximate surface area is 147 Å². The third kappa shape index (κ3) is 3.44. The molecule has 2 aliphatic rings. The Bertz CT molecular complexity index is 725. The second kappa shape index (κ2) is 6.96. The zero-order valence-corrected chi connectivity index (χ0v) is 14.5. The number of aromatic nitrogens is 2. The number of benzene rings is 1. The van der Waals surface area contributed by atoms with Crippen LogP contribution in [0, 0.1) is 5.82 Å². The van der Waals surface area contributed by atoms with Crippen LogP contribution in [0.25, 0.3) is 0 Å². The first-order chi connectivity index (χ1) is 12.2. The number of anilines is 2. The predicted octanol–water partition coefficient (Wildman–Crippen LogP) is 2.70. The van der Waals surface area contributed by atoms with Crippen molar-refractivity contribution in [2.45, 2.75) is 37.8 Å². The molecule has 1 aliphatic carbocycles. The van der Waals surface area contributed by atoms with Crippen LogP contribution in [0.4, 0.5) is 16.2 Å². The lowest BCUT2D eigenvalue weighted by atomic mass is 10.0. The van der Waals surface area contributed by atoms with E-state index in [0.717, 1.165) is 38.8 Å². The molecular weight excluding hydrogens is 317 g/mol. The predicted molar refractivity (Wildman–Crippen MR) is 97.4 cm³/mol. The zero-order valence-electron chi connectivity index (χ0n) is 14.5. The van der Waals surface area contributed by atoms with Crippen molar-refractivity contribution in [3.63, 3.8) is 0 Å². The summed E-state index contributed by atoms with van der Waals surface area (Å²) in [6, 6.07) is 9.65. The average molecular weight is 341 g/mol. The topological polar surface area (TPSA) is 53.1 Å². The fourth-order valence-electron chi connectivity index (χ4n) is 4.04. The van der Waals surface area contributed by atoms with Gasteiger partial charge in [0.15, 0.2) is 11.6 Å². The maximum Gasteiger partial charge on any atom is 0.225 e. The van der Waals surface area contributed by atoms with Crippen molar-refractivity contribution in [2.24, 2.45) is 0 Å². The maximum atomic E-state index is 13.5. The third-order valence-corrected chi connectivity index (χ3v) is 5.31. The second-order valence-electron chi connectivity index (χ2n) is 6.95. The lowest BCUT2D eigenvalue weighted by Crippen LogP contribution is -2.47. The van der Waals surface area contributed by atoms with E-state index in [2.05, 4.69) is 49.8 Å². The van der Waals surface area contributed by atoms with Crippen molar-refractivity contribution >= 4 is 11.8 Å². The van der Waals surface area contributed by atoms with Crippen molar-refractivity contribution < 1.29 is 4.39 Å². The minimum Gasteiger partial charge on any atom is -0.371 e. The van der Waals surface area contributed by atoms with Gasteiger partial charge >= 0.3 is 0 Å². The van der Waals surface area contributed by atoms with Gasteiger partial charge in [0.05, 0.1) is 6.20 Å². The van der Waals surface area contributed by atoms with Gasteiger partial charge in [0.2, 0.25) is 5.95 Å². The van der Waals surface area contributed by atoms with E-state index in [0.29, 0.717) is 18.0 Å². The highest BCUT2D eigenvalue weighted by Crippen LogP contribution is 2.28. The van der Waals surface area contributed by atoms with E-state index < -0.39 is 5.82 Å². The van der Waals surface area contributed by atoms with Gasteiger partial charge in [0.1, 0.15) is 0 Å². The number of piperidine rings is 1. The minimum atomic E-state index is -0.429. The summed E-state index contributed by atoms with van der Waals surface area (Å²) in [5.41, 5.74) is 2.98. The smallest absolute Gasteiger partial charge is 0.225 e. The molecule has 1 unspecified atom stereocenters. The molecule has 25 heavy (non-hydrogen) atoms. The molecule has 132 valence electrons. The number of halogens is 1. The van der Waals surface area contributed by atoms with Crippen LogP contribution in [0.1, 0.15) is 24.0 Å². The molecule has 1 aromatic carbocycles. The van der Waals surface area contributed by atoms with Crippen LogP contribution >= 0.6 is 0 Å². The van der Waals surface area contributed by atoms with E-state index in [9.17, 15) is 4.39 Å². The monoisotopic (exact) mass is 341 g/mol. The summed E-state index contributed by atoms with van der Waals surface area (Å²) >= 11 is 0. The van der Waals surface area contributed by atoms with E-state index in [1.54, 1.807) is 7.05 Å². The molecule has 1 aliphatic heterocycles. The van der Waals surface area contributed by atoms with Gasteiger partial charge in [-0.25, -0.2) is 9.37 Å². The first-order valence-electron chi connectivity index (χ1n) is 9.00. The summed E-state index contributed by atoms with van der Waals surface area (Å²) in [5.74, 6) is 0.297. The van der Waals surface area contributed by atoms with Gasteiger partial charge in [-0.15, -0.1) is 0 Å². The first kappa shape index (κ1) is 16.3. The molecule has 0 bridgehead atoms. The average Bonchev–Trinajstić information content (AvgIpc) is 3.08. The van der Waals surface area contributed by atoms with E-state index in [1.807, 2.05) is 0 Å². The van der Waals surface area contributed by atoms with E-state index in [4.69, 9.17) is 0 Å². The molecule has 1 saturated heterocycles. The minimum absolute atomic E-state index is 0.233. The van der Waals surface area contributed by atoms with Gasteiger partial charge in [-0.2, -0.15) is 4.98 Å². The largest absolute Gasteiger partial charge is 0.371 e. The standard InChI is InChI=1S/C19H24FN5/c1-21-18-17(20)11-22-19(24-18)23-15-7-4-8-25(12-15)16-9-13-5-2-3-6-14(13)10-16/h2-3,5-6,11,15-16H,4,7-10,12H2,1H3,(H2,21,22,23,24). The zero-order chi connectivity index (χ0) is 17.2. The fraction of sp³-hybridized carbons (Fsp3) is 0.474. The molecule has 5 nitrogen and oxygen atoms in total. The molecule has 0 saturated carbocycles. The maximum absolute atomic E-state index is 13.5. The van der Waals surface area contributed by atoms with Crippen LogP contribution < -0.4 is 10.6 Å². The van der Waals surface area contributed by atoms with Crippen molar-refractivity contribution in [1.82, 2.24) is 14.9 Å². The highest BCUT2D eigenvalue weighted by Gasteiger charge is 2.30. The molecule has 2 N–H and O–H groups in total. The first-order valence-corrected chi connectivity index (χ1v) is 9.00. The summed E-state index contributed by atoms with van der Waals surface area (Å²) in [4.78, 5) is 10.9. The molecule has 4 rings (SSSR count). The number of likely N-dealkylation sites (tertiary alicyclic amines) is 1. The number of fused-ring (bicyclic) bond motifs is 1. The second-order valence-corrected chi connectivity index (χ2v) is 6.95. The van der Waals surface area contributed by atoms with E-state index >= 15 is 0 Å². The summed E-state index contributed by atoms with van der Waals surface area (Å²) in [6.45, 7) is 2.12. The van der Waals surface area contributed by atoms with Gasteiger partial charge < -0.3 is 10.6 Å². The Kier molecular flexibility index (Phi) is 4.53. The molecule has 0 radical (unpaired) electrons. The number of nitrogens with one attached hydrogen (secondary N) is 2. The SMILES string of the molecule is CNc1nc(NC2CCCN(C3Cc4ccccc4C3)C2)ncc1F. The van der Waals surface area contributed by atoms with E-state index in [1.165, 1.54) is 17.3 Å². The molecule has 6 heteroatoms. The van der Waals surface area contributed by atoms with Gasteiger partial charge in [-0.05, 0) is 43.4 Å². The molecule has 2 aromatic rings. The van der Waals surface area contributed by atoms with Crippen LogP contribution in [-0.2, 0) is 12.8 Å². The summed E-state index contributed by atoms with van der Waals surface area (Å²) in [7, 11) is 1.66. The van der Waals surface area contributed by atoms with Crippen LogP contribution in [0.5, 0.6) is 0 Å². The van der Waals surface area contributed by atoms with E-state index in [-0.39, 0.29) is 5.82 Å². The Morgan fingerprint density at radius 2 is 1.96 bits per heavy atom. The molecule has 1 atom stereocenters. The van der Waals surface area contributed by atoms with Crippen molar-refractivity contribution in [2.75, 3.05) is 30.8 Å². The molecule has 0 spiro atoms. The lowest BCUT2D eigenvalue weighted by molar-refractivity contribution is 0.158. The normalized spacial score (nSPS) is 21.1. The quantitative estimate of drug-likeness (QED) is 0.895. The molecule has 1 fully saturated rings. The van der Waals surface area contributed by atoms with Crippen molar-refractivity contribution in [3.05, 3.63) is 47.4 Å². The number of nitrogens with zero attached hydrogens (tertiary/aromatic N) is 3. The van der Waals surface area contributed by atoms with Gasteiger partial charge in [-0.1, -0.05) is 24.3 Å². The fourth-order valence-corrected chi connectivity index (χ4v) is 4.04. The summed E-state index contributed by atoms with van der Waals surface area (Å²) in [6.07, 6.45) is 5.74. The Morgan fingerprint density at radius 1 is 1.20 bits per heavy atom. The molecular formula is C19H24FN5. The van der Waals surface area contributed by atoms with Crippen molar-refractivity contribution in [3.8, 4) is 0 Å². The van der Waals surface area contributed by atoms with Gasteiger partial charge in [0, 0.05) is 25.7 Å². The molecule has 1 aromatic heterocycles. The Balaban J connectivity index is 1.40. The van der Waals surface area contributed by atoms with Gasteiger partial charge in [-0.3, -0.25) is 4.90 Å². The van der Waals surface area contributed by atoms with Crippen molar-refractivity contribution in [1.29, 1.82) is 0 Å². The Hall–Kier alpha value is -2.21. The third-order valence-electron chi connectivity index (χ3n) is 5.31. The number of rotatable bonds is 4. The number of hydrogen-bond acceptors (Lipinski definition) is 5. The van der Waals surface area contributed by atoms with Crippen LogP contribution in [-0.4, -0.2) is 47.1 Å². The molecule has 0 amide bonds.